The first-order chi connectivity index (χ1) is 16.3. The smallest absolute Gasteiger partial charge is 0.135 e. The van der Waals surface area contributed by atoms with Gasteiger partial charge in [0.15, 0.2) is 0 Å². The molecule has 0 fully saturated rings. The Morgan fingerprint density at radius 2 is 1.94 bits per heavy atom. The Kier molecular flexibility index (Phi) is 6.62. The van der Waals surface area contributed by atoms with Gasteiger partial charge in [0.1, 0.15) is 29.8 Å². The van der Waals surface area contributed by atoms with Crippen LogP contribution in [0.2, 0.25) is 0 Å². The molecule has 0 unspecified atom stereocenters. The first-order valence-corrected chi connectivity index (χ1v) is 11.0. The molecule has 0 saturated carbocycles. The monoisotopic (exact) mass is 458 g/mol. The first-order valence-electron chi connectivity index (χ1n) is 11.0. The van der Waals surface area contributed by atoms with E-state index in [0.29, 0.717) is 30.2 Å². The Bertz CT molecular complexity index is 1320. The highest BCUT2D eigenvalue weighted by molar-refractivity contribution is 5.88. The zero-order valence-corrected chi connectivity index (χ0v) is 20.1. The van der Waals surface area contributed by atoms with Gasteiger partial charge in [-0.2, -0.15) is 5.26 Å². The van der Waals surface area contributed by atoms with Crippen LogP contribution in [0.25, 0.3) is 5.57 Å². The number of aromatic nitrogens is 2. The summed E-state index contributed by atoms with van der Waals surface area (Å²) in [4.78, 5) is 11.3. The van der Waals surface area contributed by atoms with E-state index in [9.17, 15) is 9.65 Å². The maximum atomic E-state index is 13.9. The normalized spacial score (nSPS) is 13.8. The zero-order valence-electron chi connectivity index (χ0n) is 20.1. The number of benzene rings is 2. The van der Waals surface area contributed by atoms with Crippen LogP contribution in [0.5, 0.6) is 5.75 Å². The number of halogens is 1. The van der Waals surface area contributed by atoms with Crippen LogP contribution < -0.4 is 9.64 Å². The van der Waals surface area contributed by atoms with Gasteiger partial charge < -0.3 is 14.4 Å². The molecule has 1 aromatic heterocycles. The van der Waals surface area contributed by atoms with Crippen LogP contribution in [0.3, 0.4) is 0 Å². The summed E-state index contributed by atoms with van der Waals surface area (Å²) in [5, 5.41) is 9.67. The van der Waals surface area contributed by atoms with Crippen LogP contribution in [-0.4, -0.2) is 31.2 Å². The van der Waals surface area contributed by atoms with Gasteiger partial charge in [-0.05, 0) is 42.7 Å². The minimum absolute atomic E-state index is 0.275. The van der Waals surface area contributed by atoms with Crippen LogP contribution in [-0.2, 0) is 24.4 Å². The lowest BCUT2D eigenvalue weighted by Crippen LogP contribution is -2.17. The van der Waals surface area contributed by atoms with E-state index in [4.69, 9.17) is 9.47 Å². The highest BCUT2D eigenvalue weighted by atomic mass is 19.1. The van der Waals surface area contributed by atoms with Crippen molar-refractivity contribution in [3.8, 4) is 11.8 Å². The van der Waals surface area contributed by atoms with E-state index in [1.165, 1.54) is 12.1 Å². The molecule has 4 rings (SSSR count). The van der Waals surface area contributed by atoms with E-state index in [1.807, 2.05) is 38.1 Å². The highest BCUT2D eigenvalue weighted by Gasteiger charge is 2.23. The molecular weight excluding hydrogens is 431 g/mol. The van der Waals surface area contributed by atoms with Gasteiger partial charge >= 0.3 is 0 Å². The molecule has 0 atom stereocenters. The average Bonchev–Trinajstić information content (AvgIpc) is 2.96. The second-order valence-electron chi connectivity index (χ2n) is 8.56. The summed E-state index contributed by atoms with van der Waals surface area (Å²) < 4.78 is 25.3. The summed E-state index contributed by atoms with van der Waals surface area (Å²) in [7, 11) is 5.58. The summed E-state index contributed by atoms with van der Waals surface area (Å²) in [5.41, 5.74) is 6.80. The van der Waals surface area contributed by atoms with E-state index >= 15 is 0 Å². The Labute approximate surface area is 199 Å². The van der Waals surface area contributed by atoms with Crippen LogP contribution in [0.4, 0.5) is 10.2 Å². The Morgan fingerprint density at radius 1 is 1.18 bits per heavy atom. The maximum absolute atomic E-state index is 13.9. The molecule has 0 spiro atoms. The fourth-order valence-corrected chi connectivity index (χ4v) is 4.35. The van der Waals surface area contributed by atoms with Crippen molar-refractivity contribution in [3.05, 3.63) is 87.1 Å². The van der Waals surface area contributed by atoms with Crippen LogP contribution >= 0.6 is 0 Å². The zero-order chi connectivity index (χ0) is 24.4. The molecule has 0 N–H and O–H groups in total. The molecule has 34 heavy (non-hydrogen) atoms. The van der Waals surface area contributed by atoms with Crippen molar-refractivity contribution in [2.75, 3.05) is 26.1 Å². The lowest BCUT2D eigenvalue weighted by molar-refractivity contribution is 0.180. The molecule has 0 radical (unpaired) electrons. The Hall–Kier alpha value is -3.76. The molecule has 0 saturated heterocycles. The number of allylic oxidation sites excluding steroid dienone is 1. The molecule has 0 amide bonds. The third-order valence-electron chi connectivity index (χ3n) is 5.85. The number of hydrogen-bond acceptors (Lipinski definition) is 6. The van der Waals surface area contributed by atoms with Crippen LogP contribution in [0, 0.1) is 24.1 Å². The predicted octanol–water partition coefficient (Wildman–Crippen LogP) is 4.97. The quantitative estimate of drug-likeness (QED) is 0.503. The third kappa shape index (κ3) is 4.50. The van der Waals surface area contributed by atoms with Crippen molar-refractivity contribution in [2.24, 2.45) is 0 Å². The molecule has 1 aliphatic heterocycles. The van der Waals surface area contributed by atoms with Crippen molar-refractivity contribution in [2.45, 2.75) is 33.5 Å². The van der Waals surface area contributed by atoms with Crippen molar-refractivity contribution in [1.82, 2.24) is 9.97 Å². The number of fused-ring (bicyclic) bond motifs is 2. The number of anilines is 1. The van der Waals surface area contributed by atoms with Crippen LogP contribution in [0.1, 0.15) is 46.3 Å². The van der Waals surface area contributed by atoms with E-state index in [-0.39, 0.29) is 12.4 Å². The van der Waals surface area contributed by atoms with Crippen molar-refractivity contribution < 1.29 is 13.9 Å². The molecule has 3 aromatic rings. The number of aryl methyl sites for hydroxylation is 1. The summed E-state index contributed by atoms with van der Waals surface area (Å²) in [6.07, 6.45) is 0.609. The van der Waals surface area contributed by atoms with Gasteiger partial charge in [0.2, 0.25) is 0 Å². The summed E-state index contributed by atoms with van der Waals surface area (Å²) in [6, 6.07) is 12.8. The number of nitriles is 1. The second-order valence-corrected chi connectivity index (χ2v) is 8.56. The largest absolute Gasteiger partial charge is 0.488 e. The number of hydrogen-bond donors (Lipinski definition) is 0. The third-order valence-corrected chi connectivity index (χ3v) is 5.85. The van der Waals surface area contributed by atoms with Crippen molar-refractivity contribution >= 4 is 11.4 Å². The summed E-state index contributed by atoms with van der Waals surface area (Å²) in [5.74, 6) is 1.61. The summed E-state index contributed by atoms with van der Waals surface area (Å²) in [6.45, 7) is 4.32. The van der Waals surface area contributed by atoms with E-state index < -0.39 is 0 Å². The molecule has 0 aliphatic carbocycles. The lowest BCUT2D eigenvalue weighted by Gasteiger charge is -2.20. The van der Waals surface area contributed by atoms with Gasteiger partial charge in [0.05, 0.1) is 18.4 Å². The molecular formula is C27H27FN4O2. The SMILES string of the molecule is COCc1nc(C)nc(N(C)C)c1Cc1ccc2c(c1)COc1cc(F)ccc1/C2=C(/C)C#N. The van der Waals surface area contributed by atoms with Crippen LogP contribution in [0.15, 0.2) is 42.0 Å². The molecule has 7 heteroatoms. The minimum atomic E-state index is -0.374. The fraction of sp³-hybridized carbons (Fsp3) is 0.296. The molecule has 174 valence electrons. The van der Waals surface area contributed by atoms with Gasteiger partial charge in [0, 0.05) is 56.0 Å². The molecule has 2 aromatic carbocycles. The lowest BCUT2D eigenvalue weighted by atomic mass is 9.89. The Balaban J connectivity index is 1.81. The van der Waals surface area contributed by atoms with Crippen molar-refractivity contribution in [1.29, 1.82) is 5.26 Å². The first kappa shape index (κ1) is 23.4. The summed E-state index contributed by atoms with van der Waals surface area (Å²) >= 11 is 0. The molecule has 6 nitrogen and oxygen atoms in total. The molecule has 2 heterocycles. The number of nitrogens with zero attached hydrogens (tertiary/aromatic N) is 4. The number of ether oxygens (including phenoxy) is 2. The van der Waals surface area contributed by atoms with Crippen molar-refractivity contribution in [3.63, 3.8) is 0 Å². The molecule has 0 bridgehead atoms. The Morgan fingerprint density at radius 3 is 2.65 bits per heavy atom. The minimum Gasteiger partial charge on any atom is -0.488 e. The number of methoxy groups -OCH3 is 1. The number of rotatable bonds is 5. The van der Waals surface area contributed by atoms with E-state index in [2.05, 4.69) is 22.1 Å². The standard InChI is InChI=1S/C27H27FN4O2/c1-16(13-29)26-21-8-6-18(10-19(21)14-34-25-12-20(28)7-9-22(25)26)11-23-24(15-33-5)30-17(2)31-27(23)32(3)4/h6-10,12H,11,14-15H2,1-5H3/b26-16-. The highest BCUT2D eigenvalue weighted by Crippen LogP contribution is 2.39. The maximum Gasteiger partial charge on any atom is 0.135 e. The van der Waals surface area contributed by atoms with Gasteiger partial charge in [-0.15, -0.1) is 0 Å². The van der Waals surface area contributed by atoms with Gasteiger partial charge in [-0.25, -0.2) is 14.4 Å². The van der Waals surface area contributed by atoms with E-state index in [1.54, 1.807) is 20.1 Å². The fourth-order valence-electron chi connectivity index (χ4n) is 4.35. The molecule has 1 aliphatic rings. The predicted molar refractivity (Wildman–Crippen MR) is 129 cm³/mol. The van der Waals surface area contributed by atoms with Gasteiger partial charge in [-0.3, -0.25) is 0 Å². The van der Waals surface area contributed by atoms with E-state index in [0.717, 1.165) is 44.9 Å². The second kappa shape index (κ2) is 9.62. The van der Waals surface area contributed by atoms with Gasteiger partial charge in [0.25, 0.3) is 0 Å². The topological polar surface area (TPSA) is 71.3 Å². The average molecular weight is 459 g/mol. The van der Waals surface area contributed by atoms with Gasteiger partial charge in [-0.1, -0.05) is 18.2 Å².